The van der Waals surface area contributed by atoms with E-state index in [1.807, 2.05) is 60.7 Å². The van der Waals surface area contributed by atoms with E-state index in [2.05, 4.69) is 0 Å². The molecular formula is C22H24N2O6P2+2. The maximum absolute atomic E-state index is 11.9. The van der Waals surface area contributed by atoms with Crippen LogP contribution in [0, 0.1) is 0 Å². The van der Waals surface area contributed by atoms with Gasteiger partial charge in [0.1, 0.15) is 0 Å². The minimum absolute atomic E-state index is 0.672. The second-order valence-corrected chi connectivity index (χ2v) is 11.6. The summed E-state index contributed by atoms with van der Waals surface area (Å²) in [5.41, 5.74) is 3.04. The lowest BCUT2D eigenvalue weighted by Crippen LogP contribution is -2.38. The van der Waals surface area contributed by atoms with Gasteiger partial charge < -0.3 is 19.6 Å². The van der Waals surface area contributed by atoms with Crippen molar-refractivity contribution in [2.75, 3.05) is 0 Å². The number of para-hydroxylation sites is 2. The molecular weight excluding hydrogens is 450 g/mol. The fourth-order valence-corrected chi connectivity index (χ4v) is 5.00. The first-order valence-corrected chi connectivity index (χ1v) is 13.3. The summed E-state index contributed by atoms with van der Waals surface area (Å²) in [5, 5.41) is 1.61. The van der Waals surface area contributed by atoms with Gasteiger partial charge in [-0.25, -0.2) is 0 Å². The van der Waals surface area contributed by atoms with Crippen LogP contribution in [0.1, 0.15) is 25.4 Å². The summed E-state index contributed by atoms with van der Waals surface area (Å²) < 4.78 is 26.9. The Morgan fingerprint density at radius 1 is 0.625 bits per heavy atom. The van der Waals surface area contributed by atoms with E-state index >= 15 is 0 Å². The highest BCUT2D eigenvalue weighted by Gasteiger charge is 2.36. The molecule has 8 nitrogen and oxygen atoms in total. The Kier molecular flexibility index (Phi) is 5.80. The third kappa shape index (κ3) is 4.02. The number of hydrogen-bond acceptors (Lipinski definition) is 2. The Morgan fingerprint density at radius 2 is 0.969 bits per heavy atom. The summed E-state index contributed by atoms with van der Waals surface area (Å²) in [5.74, 6) is -2.06. The van der Waals surface area contributed by atoms with Crippen molar-refractivity contribution in [2.24, 2.45) is 0 Å². The molecule has 2 unspecified atom stereocenters. The number of nitrogens with zero attached hydrogens (tertiary/aromatic N) is 2. The van der Waals surface area contributed by atoms with Gasteiger partial charge in [-0.05, 0) is 12.1 Å². The normalized spacial score (nSPS) is 14.6. The highest BCUT2D eigenvalue weighted by Crippen LogP contribution is 2.47. The zero-order valence-corrected chi connectivity index (χ0v) is 19.3. The van der Waals surface area contributed by atoms with Crippen LogP contribution in [0.15, 0.2) is 73.1 Å². The molecule has 32 heavy (non-hydrogen) atoms. The summed E-state index contributed by atoms with van der Waals surface area (Å²) in [7, 11) is -8.71. The molecule has 2 aromatic carbocycles. The minimum atomic E-state index is -4.36. The average Bonchev–Trinajstić information content (AvgIpc) is 2.75. The van der Waals surface area contributed by atoms with Crippen molar-refractivity contribution < 1.29 is 37.8 Å². The van der Waals surface area contributed by atoms with Crippen LogP contribution in [0.4, 0.5) is 0 Å². The first kappa shape index (κ1) is 22.7. The summed E-state index contributed by atoms with van der Waals surface area (Å²) in [6.07, 6.45) is 3.32. The average molecular weight is 474 g/mol. The monoisotopic (exact) mass is 474 g/mol. The zero-order chi connectivity index (χ0) is 23.3. The molecule has 10 heteroatoms. The van der Waals surface area contributed by atoms with Crippen LogP contribution in [-0.2, 0) is 9.13 Å². The molecule has 0 amide bonds. The molecule has 0 aliphatic rings. The number of pyridine rings is 2. The Labute approximate surface area is 184 Å². The molecule has 0 aliphatic carbocycles. The van der Waals surface area contributed by atoms with Crippen molar-refractivity contribution in [3.63, 3.8) is 0 Å². The molecule has 0 saturated heterocycles. The third-order valence-electron chi connectivity index (χ3n) is 5.82. The highest BCUT2D eigenvalue weighted by atomic mass is 31.2. The van der Waals surface area contributed by atoms with Gasteiger partial charge in [0, 0.05) is 49.2 Å². The van der Waals surface area contributed by atoms with Crippen LogP contribution in [0.25, 0.3) is 32.9 Å². The van der Waals surface area contributed by atoms with E-state index in [1.54, 1.807) is 21.5 Å². The lowest BCUT2D eigenvalue weighted by molar-refractivity contribution is -0.675. The van der Waals surface area contributed by atoms with Crippen molar-refractivity contribution in [3.05, 3.63) is 73.1 Å². The van der Waals surface area contributed by atoms with Gasteiger partial charge in [0.05, 0.1) is 10.8 Å². The predicted octanol–water partition coefficient (Wildman–Crippen LogP) is 3.63. The van der Waals surface area contributed by atoms with Crippen molar-refractivity contribution in [1.82, 2.24) is 0 Å². The van der Waals surface area contributed by atoms with E-state index in [-0.39, 0.29) is 0 Å². The van der Waals surface area contributed by atoms with Crippen LogP contribution in [-0.4, -0.2) is 19.6 Å². The molecule has 2 atom stereocenters. The van der Waals surface area contributed by atoms with Crippen LogP contribution in [0.2, 0.25) is 0 Å². The molecule has 0 spiro atoms. The van der Waals surface area contributed by atoms with E-state index in [9.17, 15) is 28.7 Å². The molecule has 4 rings (SSSR count). The molecule has 0 bridgehead atoms. The largest absolute Gasteiger partial charge is 0.392 e. The van der Waals surface area contributed by atoms with Crippen molar-refractivity contribution >= 4 is 37.0 Å². The number of benzene rings is 2. The standard InChI is InChI=1S/C22H22N2O6P2/c1-15(31(25,26)27)23-13-11-17(19-7-3-5-9-21(19)23)18-12-14-24(16(2)32(28,29)30)22-10-6-4-8-20(18)22/h3-16H,1-2H3,(H2-2,25,26,27,28,29,30)/p+2. The molecule has 4 N–H and O–H groups in total. The van der Waals surface area contributed by atoms with Crippen LogP contribution >= 0.6 is 15.2 Å². The maximum atomic E-state index is 11.9. The zero-order valence-electron chi connectivity index (χ0n) is 17.5. The number of hydrogen-bond donors (Lipinski definition) is 4. The second kappa shape index (κ2) is 8.16. The molecule has 0 radical (unpaired) electrons. The molecule has 0 aliphatic heterocycles. The molecule has 0 saturated carbocycles. The number of rotatable bonds is 5. The van der Waals surface area contributed by atoms with E-state index in [1.165, 1.54) is 13.8 Å². The van der Waals surface area contributed by atoms with Crippen molar-refractivity contribution in [2.45, 2.75) is 25.4 Å². The van der Waals surface area contributed by atoms with Crippen LogP contribution < -0.4 is 9.13 Å². The Morgan fingerprint density at radius 3 is 1.31 bits per heavy atom. The smallest absolute Gasteiger partial charge is 0.320 e. The van der Waals surface area contributed by atoms with Gasteiger partial charge in [0.25, 0.3) is 11.6 Å². The summed E-state index contributed by atoms with van der Waals surface area (Å²) in [6.45, 7) is 2.97. The fraction of sp³-hybridized carbons (Fsp3) is 0.182. The topological polar surface area (TPSA) is 123 Å². The second-order valence-electron chi connectivity index (χ2n) is 7.75. The third-order valence-corrected chi connectivity index (χ3v) is 8.26. The summed E-state index contributed by atoms with van der Waals surface area (Å²) in [4.78, 5) is 38.8. The highest BCUT2D eigenvalue weighted by molar-refractivity contribution is 7.51. The van der Waals surface area contributed by atoms with Crippen molar-refractivity contribution in [1.29, 1.82) is 0 Å². The van der Waals surface area contributed by atoms with Crippen molar-refractivity contribution in [3.8, 4) is 11.1 Å². The van der Waals surface area contributed by atoms with Gasteiger partial charge in [0.2, 0.25) is 11.0 Å². The molecule has 4 aromatic rings. The summed E-state index contributed by atoms with van der Waals surface area (Å²) >= 11 is 0. The molecule has 166 valence electrons. The number of fused-ring (bicyclic) bond motifs is 2. The first-order valence-electron chi connectivity index (χ1n) is 9.96. The molecule has 0 fully saturated rings. The fourth-order valence-electron chi connectivity index (χ4n) is 3.95. The van der Waals surface area contributed by atoms with Crippen LogP contribution in [0.5, 0.6) is 0 Å². The van der Waals surface area contributed by atoms with Gasteiger partial charge in [-0.15, -0.1) is 0 Å². The SMILES string of the molecule is CC([n+]1ccc(-c2cc[n+](C(C)P(=O)(O)O)c3ccccc23)c2ccccc21)P(=O)(O)O. The maximum Gasteiger partial charge on any atom is 0.392 e. The first-order chi connectivity index (χ1) is 15.0. The summed E-state index contributed by atoms with van der Waals surface area (Å²) in [6, 6.07) is 18.4. The minimum Gasteiger partial charge on any atom is -0.320 e. The van der Waals surface area contributed by atoms with Gasteiger partial charge in [-0.1, -0.05) is 24.3 Å². The quantitative estimate of drug-likeness (QED) is 0.259. The van der Waals surface area contributed by atoms with E-state index < -0.39 is 26.8 Å². The lowest BCUT2D eigenvalue weighted by atomic mass is 9.97. The van der Waals surface area contributed by atoms with Gasteiger partial charge >= 0.3 is 15.2 Å². The van der Waals surface area contributed by atoms with Gasteiger partial charge in [-0.3, -0.25) is 9.13 Å². The molecule has 2 heterocycles. The number of aromatic nitrogens is 2. The Hall–Kier alpha value is -2.44. The van der Waals surface area contributed by atoms with Gasteiger partial charge in [-0.2, -0.15) is 9.13 Å². The van der Waals surface area contributed by atoms with E-state index in [0.29, 0.717) is 11.0 Å². The Bertz CT molecular complexity index is 1320. The van der Waals surface area contributed by atoms with Crippen LogP contribution in [0.3, 0.4) is 0 Å². The van der Waals surface area contributed by atoms with E-state index in [4.69, 9.17) is 0 Å². The van der Waals surface area contributed by atoms with Gasteiger partial charge in [0.15, 0.2) is 12.4 Å². The predicted molar refractivity (Wildman–Crippen MR) is 121 cm³/mol. The Balaban J connectivity index is 2.00. The lowest BCUT2D eigenvalue weighted by Gasteiger charge is -2.15. The molecule has 2 aromatic heterocycles. The van der Waals surface area contributed by atoms with E-state index in [0.717, 1.165) is 21.9 Å².